The molecule has 1 fully saturated rings. The van der Waals surface area contributed by atoms with Gasteiger partial charge >= 0.3 is 5.97 Å². The summed E-state index contributed by atoms with van der Waals surface area (Å²) < 4.78 is 5.61. The lowest BCUT2D eigenvalue weighted by Gasteiger charge is -2.31. The fourth-order valence-electron chi connectivity index (χ4n) is 4.91. The van der Waals surface area contributed by atoms with Crippen molar-refractivity contribution >= 4 is 29.1 Å². The normalized spacial score (nSPS) is 20.9. The maximum atomic E-state index is 14.2. The molecule has 2 aliphatic rings. The third-order valence-electron chi connectivity index (χ3n) is 6.62. The molecular formula is C28H34N4O4. The molecule has 1 saturated carbocycles. The second kappa shape index (κ2) is 9.93. The first-order valence-corrected chi connectivity index (χ1v) is 12.5. The lowest BCUT2D eigenvalue weighted by molar-refractivity contribution is -0.163. The minimum absolute atomic E-state index is 0.0409. The predicted octanol–water partition coefficient (Wildman–Crippen LogP) is 4.20. The number of anilines is 1. The van der Waals surface area contributed by atoms with E-state index < -0.39 is 23.1 Å². The minimum atomic E-state index is -2.27. The van der Waals surface area contributed by atoms with Crippen molar-refractivity contribution in [1.82, 2.24) is 4.98 Å². The van der Waals surface area contributed by atoms with Gasteiger partial charge in [0.05, 0.1) is 23.6 Å². The third kappa shape index (κ3) is 5.09. The highest BCUT2D eigenvalue weighted by molar-refractivity contribution is 6.21. The van der Waals surface area contributed by atoms with Crippen molar-refractivity contribution in [2.45, 2.75) is 77.6 Å². The van der Waals surface area contributed by atoms with E-state index >= 15 is 0 Å². The van der Waals surface area contributed by atoms with Crippen LogP contribution in [0.3, 0.4) is 0 Å². The first-order valence-electron chi connectivity index (χ1n) is 12.5. The van der Waals surface area contributed by atoms with Crippen LogP contribution in [0.4, 0.5) is 5.69 Å². The molecule has 2 aromatic rings. The molecular weight excluding hydrogens is 456 g/mol. The number of nitrogens with two attached hydrogens (primary N) is 1. The molecule has 1 aromatic heterocycles. The smallest absolute Gasteiger partial charge is 0.359 e. The maximum absolute atomic E-state index is 14.2. The monoisotopic (exact) mass is 490 g/mol. The second-order valence-electron chi connectivity index (χ2n) is 10.6. The molecule has 1 aliphatic heterocycles. The van der Waals surface area contributed by atoms with E-state index in [1.807, 2.05) is 24.3 Å². The number of ether oxygens (including phenoxy) is 1. The number of aliphatic imine (C=N–C) groups is 1. The molecule has 1 aromatic carbocycles. The number of Topliss-reactive ketones (excluding diaryl/α,β-unsaturated/α-hetero) is 1. The highest BCUT2D eigenvalue weighted by atomic mass is 16.6. The lowest BCUT2D eigenvalue weighted by atomic mass is 9.82. The Morgan fingerprint density at radius 1 is 1.11 bits per heavy atom. The van der Waals surface area contributed by atoms with E-state index in [1.54, 1.807) is 39.1 Å². The van der Waals surface area contributed by atoms with Crippen LogP contribution in [0.1, 0.15) is 81.4 Å². The van der Waals surface area contributed by atoms with Crippen LogP contribution in [0, 0.1) is 5.92 Å². The van der Waals surface area contributed by atoms with Gasteiger partial charge in [0.2, 0.25) is 0 Å². The lowest BCUT2D eigenvalue weighted by Crippen LogP contribution is -2.61. The summed E-state index contributed by atoms with van der Waals surface area (Å²) in [7, 11) is 0. The van der Waals surface area contributed by atoms with Gasteiger partial charge in [-0.3, -0.25) is 20.3 Å². The van der Waals surface area contributed by atoms with Crippen molar-refractivity contribution in [2.75, 3.05) is 4.90 Å². The molecule has 1 amide bonds. The maximum Gasteiger partial charge on any atom is 0.359 e. The molecule has 8 nitrogen and oxygen atoms in total. The van der Waals surface area contributed by atoms with E-state index in [4.69, 9.17) is 15.5 Å². The number of para-hydroxylation sites is 1. The number of esters is 1. The van der Waals surface area contributed by atoms with Gasteiger partial charge in [-0.25, -0.2) is 9.79 Å². The van der Waals surface area contributed by atoms with Crippen molar-refractivity contribution in [1.29, 1.82) is 0 Å². The van der Waals surface area contributed by atoms with Crippen LogP contribution in [0.25, 0.3) is 0 Å². The zero-order chi connectivity index (χ0) is 26.1. The van der Waals surface area contributed by atoms with Crippen molar-refractivity contribution in [3.63, 3.8) is 0 Å². The summed E-state index contributed by atoms with van der Waals surface area (Å²) >= 11 is 0. The zero-order valence-corrected chi connectivity index (χ0v) is 21.4. The van der Waals surface area contributed by atoms with Crippen LogP contribution in [0.5, 0.6) is 0 Å². The average molecular weight is 491 g/mol. The van der Waals surface area contributed by atoms with Gasteiger partial charge in [-0.1, -0.05) is 37.5 Å². The molecule has 2 N–H and O–H groups in total. The number of ketones is 1. The number of aromatic nitrogens is 1. The number of hydrogen-bond donors (Lipinski definition) is 1. The first kappa shape index (κ1) is 25.7. The van der Waals surface area contributed by atoms with Gasteiger partial charge in [0.1, 0.15) is 5.60 Å². The van der Waals surface area contributed by atoms with Gasteiger partial charge in [0.15, 0.2) is 5.78 Å². The summed E-state index contributed by atoms with van der Waals surface area (Å²) in [6.45, 7) is 6.58. The van der Waals surface area contributed by atoms with Gasteiger partial charge in [0, 0.05) is 23.2 Å². The van der Waals surface area contributed by atoms with E-state index in [9.17, 15) is 14.4 Å². The highest BCUT2D eigenvalue weighted by Gasteiger charge is 2.51. The van der Waals surface area contributed by atoms with Gasteiger partial charge in [-0.15, -0.1) is 0 Å². The summed E-state index contributed by atoms with van der Waals surface area (Å²) in [5, 5.41) is 0. The molecule has 0 spiro atoms. The Bertz CT molecular complexity index is 1210. The van der Waals surface area contributed by atoms with Gasteiger partial charge in [-0.2, -0.15) is 0 Å². The number of hydrogen-bond acceptors (Lipinski definition) is 7. The summed E-state index contributed by atoms with van der Waals surface area (Å²) in [6.07, 6.45) is 6.61. The fourth-order valence-corrected chi connectivity index (χ4v) is 4.91. The Balaban J connectivity index is 1.90. The van der Waals surface area contributed by atoms with Crippen LogP contribution in [-0.4, -0.2) is 39.6 Å². The molecule has 190 valence electrons. The van der Waals surface area contributed by atoms with E-state index in [2.05, 4.69) is 4.98 Å². The first-order chi connectivity index (χ1) is 17.0. The number of rotatable bonds is 5. The number of nitrogens with zero attached hydrogens (tertiary/aromatic N) is 3. The van der Waals surface area contributed by atoms with Gasteiger partial charge in [-0.05, 0) is 58.7 Å². The Morgan fingerprint density at radius 3 is 2.47 bits per heavy atom. The summed E-state index contributed by atoms with van der Waals surface area (Å²) in [6, 6.07) is 10.8. The van der Waals surface area contributed by atoms with Crippen molar-refractivity contribution in [2.24, 2.45) is 16.6 Å². The topological polar surface area (TPSA) is 115 Å². The van der Waals surface area contributed by atoms with Crippen LogP contribution in [-0.2, 0) is 20.9 Å². The van der Waals surface area contributed by atoms with Crippen molar-refractivity contribution < 1.29 is 19.1 Å². The van der Waals surface area contributed by atoms with Crippen LogP contribution in [0.15, 0.2) is 47.6 Å². The molecule has 2 heterocycles. The van der Waals surface area contributed by atoms with Crippen molar-refractivity contribution in [3.8, 4) is 0 Å². The quantitative estimate of drug-likeness (QED) is 0.382. The number of carbonyl (C=O) groups excluding carboxylic acids is 3. The largest absolute Gasteiger partial charge is 0.457 e. The number of carbonyl (C=O) groups is 3. The average Bonchev–Trinajstić information content (AvgIpc) is 2.93. The molecule has 8 heteroatoms. The Kier molecular flexibility index (Phi) is 7.09. The second-order valence-corrected chi connectivity index (χ2v) is 10.6. The van der Waals surface area contributed by atoms with E-state index in [0.29, 0.717) is 22.7 Å². The zero-order valence-electron chi connectivity index (χ0n) is 21.4. The molecule has 1 atom stereocenters. The van der Waals surface area contributed by atoms with Crippen LogP contribution in [0.2, 0.25) is 0 Å². The minimum Gasteiger partial charge on any atom is -0.457 e. The number of fused-ring (bicyclic) bond motifs is 1. The number of benzene rings is 1. The van der Waals surface area contributed by atoms with Crippen LogP contribution >= 0.6 is 0 Å². The fraction of sp³-hybridized carbons (Fsp3) is 0.464. The van der Waals surface area contributed by atoms with E-state index in [0.717, 1.165) is 37.7 Å². The summed E-state index contributed by atoms with van der Waals surface area (Å²) in [5.74, 6) is -1.71. The Labute approximate surface area is 211 Å². The Morgan fingerprint density at radius 2 is 1.81 bits per heavy atom. The molecule has 0 saturated heterocycles. The number of benzodiazepines with no additional fused rings is 1. The molecule has 4 rings (SSSR count). The molecule has 36 heavy (non-hydrogen) atoms. The molecule has 1 aliphatic carbocycles. The molecule has 0 bridgehead atoms. The van der Waals surface area contributed by atoms with Crippen LogP contribution < -0.4 is 10.6 Å². The summed E-state index contributed by atoms with van der Waals surface area (Å²) in [4.78, 5) is 50.5. The predicted molar refractivity (Wildman–Crippen MR) is 138 cm³/mol. The third-order valence-corrected chi connectivity index (χ3v) is 6.62. The standard InChI is InChI=1S/C28H34N4O4/c1-18(33)20-14-10-16-30-22(20)17-32-23-15-9-8-13-21(23)24(19-11-6-5-7-12-19)31-28(29,25(32)34)26(35)36-27(2,3)4/h8-10,13-16,19H,5-7,11-12,17,29H2,1-4H3. The molecule has 0 radical (unpaired) electrons. The van der Waals surface area contributed by atoms with E-state index in [1.165, 1.54) is 11.8 Å². The Hall–Kier alpha value is -3.39. The SMILES string of the molecule is CC(=O)c1cccnc1CN1C(=O)C(N)(C(=O)OC(C)(C)C)N=C(C2CCCCC2)c2ccccc21. The number of amides is 1. The van der Waals surface area contributed by atoms with Crippen molar-refractivity contribution in [3.05, 3.63) is 59.4 Å². The van der Waals surface area contributed by atoms with Gasteiger partial charge in [0.25, 0.3) is 11.6 Å². The van der Waals surface area contributed by atoms with E-state index in [-0.39, 0.29) is 18.2 Å². The highest BCUT2D eigenvalue weighted by Crippen LogP contribution is 2.36. The summed E-state index contributed by atoms with van der Waals surface area (Å²) in [5.41, 5.74) is 6.31. The van der Waals surface area contributed by atoms with Gasteiger partial charge < -0.3 is 9.64 Å². The molecule has 1 unspecified atom stereocenters. The number of pyridine rings is 1.